The minimum Gasteiger partial charge on any atom is -0.474 e. The van der Waals surface area contributed by atoms with Crippen LogP contribution in [0.2, 0.25) is 0 Å². The SMILES string of the molecule is CO[C@@H]1COc2c(S(=O)(=NC(c3ccccc3)(c3ccccc3)c3ccccc3)NC(=O)Nc3c4c(c(F)c5c3CCC5)CCC4)cnn2C1. The summed E-state index contributed by atoms with van der Waals surface area (Å²) in [4.78, 5) is 14.5. The lowest BCUT2D eigenvalue weighted by molar-refractivity contribution is 0.0165. The van der Waals surface area contributed by atoms with Gasteiger partial charge < -0.3 is 14.8 Å². The van der Waals surface area contributed by atoms with Gasteiger partial charge >= 0.3 is 6.03 Å². The second kappa shape index (κ2) is 13.0. The molecule has 0 bridgehead atoms. The summed E-state index contributed by atoms with van der Waals surface area (Å²) in [5.41, 5.74) is 4.54. The standard InChI is InChI=1S/C39H38FN5O4S/c1-48-29-24-45-37(49-25-29)34(23-41-45)50(47,43-38(46)42-36-32-21-11-19-30(32)35(40)31-20-12-22-33(31)36)44-39(26-13-5-2-6-14-26,27-15-7-3-8-16-27)28-17-9-4-10-18-28/h2-10,13-18,23,29H,11-12,19-22,24-25H2,1H3,(H2,42,43,44,46,47)/t29-,50?/m0/s1. The van der Waals surface area contributed by atoms with E-state index in [2.05, 4.69) is 15.1 Å². The van der Waals surface area contributed by atoms with Crippen LogP contribution >= 0.6 is 0 Å². The van der Waals surface area contributed by atoms with Gasteiger partial charge in [0.2, 0.25) is 5.88 Å². The number of carbonyl (C=O) groups excluding carboxylic acids is 1. The van der Waals surface area contributed by atoms with Crippen LogP contribution < -0.4 is 14.8 Å². The number of amides is 2. The molecule has 1 aromatic heterocycles. The first-order valence-corrected chi connectivity index (χ1v) is 18.5. The van der Waals surface area contributed by atoms with Gasteiger partial charge in [0.1, 0.15) is 29.0 Å². The van der Waals surface area contributed by atoms with Crippen molar-refractivity contribution >= 4 is 21.6 Å². The number of rotatable bonds is 8. The highest BCUT2D eigenvalue weighted by Gasteiger charge is 2.41. The second-order valence-electron chi connectivity index (χ2n) is 13.0. The van der Waals surface area contributed by atoms with E-state index in [1.165, 1.54) is 6.20 Å². The van der Waals surface area contributed by atoms with Gasteiger partial charge in [0, 0.05) is 12.8 Å². The summed E-state index contributed by atoms with van der Waals surface area (Å²) < 4.78 is 52.9. The lowest BCUT2D eigenvalue weighted by atomic mass is 9.78. The van der Waals surface area contributed by atoms with Gasteiger partial charge in [0.05, 0.1) is 12.7 Å². The fourth-order valence-electron chi connectivity index (χ4n) is 7.70. The zero-order valence-corrected chi connectivity index (χ0v) is 28.5. The fourth-order valence-corrected chi connectivity index (χ4v) is 9.55. The van der Waals surface area contributed by atoms with Gasteiger partial charge in [-0.2, -0.15) is 9.46 Å². The first-order valence-electron chi connectivity index (χ1n) is 17.0. The summed E-state index contributed by atoms with van der Waals surface area (Å²) >= 11 is 0. The third-order valence-electron chi connectivity index (χ3n) is 10.1. The largest absolute Gasteiger partial charge is 0.474 e. The molecule has 0 saturated heterocycles. The van der Waals surface area contributed by atoms with Crippen LogP contribution in [0.5, 0.6) is 5.88 Å². The van der Waals surface area contributed by atoms with E-state index in [0.29, 0.717) is 49.0 Å². The van der Waals surface area contributed by atoms with Crippen molar-refractivity contribution in [1.29, 1.82) is 0 Å². The normalized spacial score (nSPS) is 17.5. The molecule has 2 aliphatic carbocycles. The Morgan fingerprint density at radius 2 is 1.40 bits per heavy atom. The van der Waals surface area contributed by atoms with Gasteiger partial charge in [-0.15, -0.1) is 0 Å². The van der Waals surface area contributed by atoms with Crippen LogP contribution in [0.15, 0.2) is 106 Å². The molecule has 1 aliphatic heterocycles. The zero-order chi connectivity index (χ0) is 34.3. The van der Waals surface area contributed by atoms with Crippen LogP contribution in [0.1, 0.15) is 51.8 Å². The molecule has 11 heteroatoms. The molecule has 2 N–H and O–H groups in total. The number of benzene rings is 4. The lowest BCUT2D eigenvalue weighted by Crippen LogP contribution is -2.39. The molecule has 5 aromatic rings. The molecule has 0 spiro atoms. The Morgan fingerprint density at radius 3 is 1.92 bits per heavy atom. The molecular weight excluding hydrogens is 654 g/mol. The lowest BCUT2D eigenvalue weighted by Gasteiger charge is -2.33. The van der Waals surface area contributed by atoms with Gasteiger partial charge in [-0.05, 0) is 77.5 Å². The summed E-state index contributed by atoms with van der Waals surface area (Å²) in [6.07, 6.45) is 5.43. The molecule has 256 valence electrons. The summed E-state index contributed by atoms with van der Waals surface area (Å²) in [6.45, 7) is 0.592. The highest BCUT2D eigenvalue weighted by atomic mass is 32.2. The van der Waals surface area contributed by atoms with Crippen molar-refractivity contribution in [2.45, 2.75) is 61.6 Å². The molecule has 0 radical (unpaired) electrons. The minimum atomic E-state index is -3.91. The smallest absolute Gasteiger partial charge is 0.331 e. The van der Waals surface area contributed by atoms with Crippen molar-refractivity contribution in [2.24, 2.45) is 4.36 Å². The maximum absolute atomic E-state index is 16.0. The Bertz CT molecular complexity index is 2050. The number of carbonyl (C=O) groups is 1. The summed E-state index contributed by atoms with van der Waals surface area (Å²) in [5, 5.41) is 7.57. The molecule has 50 heavy (non-hydrogen) atoms. The predicted octanol–water partition coefficient (Wildman–Crippen LogP) is 6.96. The van der Waals surface area contributed by atoms with Crippen LogP contribution in [-0.4, -0.2) is 39.8 Å². The summed E-state index contributed by atoms with van der Waals surface area (Å²) in [5.74, 6) is 0.116. The molecule has 0 saturated carbocycles. The van der Waals surface area contributed by atoms with E-state index in [4.69, 9.17) is 13.8 Å². The van der Waals surface area contributed by atoms with E-state index >= 15 is 8.60 Å². The van der Waals surface area contributed by atoms with E-state index < -0.39 is 21.5 Å². The van der Waals surface area contributed by atoms with Crippen LogP contribution in [-0.2, 0) is 52.4 Å². The molecule has 9 nitrogen and oxygen atoms in total. The first kappa shape index (κ1) is 32.2. The number of ether oxygens (including phenoxy) is 2. The van der Waals surface area contributed by atoms with Crippen molar-refractivity contribution < 1.29 is 22.9 Å². The van der Waals surface area contributed by atoms with Crippen LogP contribution in [0.4, 0.5) is 14.9 Å². The van der Waals surface area contributed by atoms with Gasteiger partial charge in [0.15, 0.2) is 9.92 Å². The monoisotopic (exact) mass is 691 g/mol. The molecule has 2 heterocycles. The quantitative estimate of drug-likeness (QED) is 0.171. The number of nitrogens with one attached hydrogen (secondary N) is 2. The van der Waals surface area contributed by atoms with E-state index in [9.17, 15) is 4.79 Å². The number of methoxy groups -OCH3 is 1. The minimum absolute atomic E-state index is 0.133. The Labute approximate surface area is 291 Å². The zero-order valence-electron chi connectivity index (χ0n) is 27.7. The summed E-state index contributed by atoms with van der Waals surface area (Å²) in [6, 6.07) is 28.2. The van der Waals surface area contributed by atoms with E-state index in [1.54, 1.807) is 11.8 Å². The van der Waals surface area contributed by atoms with Crippen molar-refractivity contribution in [3.63, 3.8) is 0 Å². The number of nitrogens with zero attached hydrogens (tertiary/aromatic N) is 3. The van der Waals surface area contributed by atoms with Gasteiger partial charge in [-0.25, -0.2) is 22.8 Å². The molecule has 2 atom stereocenters. The highest BCUT2D eigenvalue weighted by molar-refractivity contribution is 7.92. The van der Waals surface area contributed by atoms with Crippen LogP contribution in [0.25, 0.3) is 0 Å². The Balaban J connectivity index is 1.34. The Kier molecular flexibility index (Phi) is 8.40. The number of urea groups is 1. The molecule has 3 aliphatic rings. The number of fused-ring (bicyclic) bond motifs is 3. The van der Waals surface area contributed by atoms with Gasteiger partial charge in [-0.3, -0.25) is 0 Å². The number of hydrogen-bond acceptors (Lipinski definition) is 6. The first-order chi connectivity index (χ1) is 24.4. The molecule has 0 fully saturated rings. The van der Waals surface area contributed by atoms with Crippen LogP contribution in [0.3, 0.4) is 0 Å². The maximum atomic E-state index is 16.0. The topological polar surface area (TPSA) is 107 Å². The highest BCUT2D eigenvalue weighted by Crippen LogP contribution is 2.44. The van der Waals surface area contributed by atoms with Gasteiger partial charge in [-0.1, -0.05) is 91.0 Å². The van der Waals surface area contributed by atoms with Crippen molar-refractivity contribution in [2.75, 3.05) is 19.0 Å². The Hall–Kier alpha value is -5.00. The predicted molar refractivity (Wildman–Crippen MR) is 189 cm³/mol. The van der Waals surface area contributed by atoms with Crippen molar-refractivity contribution in [3.05, 3.63) is 142 Å². The third-order valence-corrected chi connectivity index (χ3v) is 11.9. The average molecular weight is 692 g/mol. The second-order valence-corrected chi connectivity index (χ2v) is 14.8. The third kappa shape index (κ3) is 5.45. The van der Waals surface area contributed by atoms with Crippen LogP contribution in [0, 0.1) is 5.82 Å². The van der Waals surface area contributed by atoms with E-state index in [-0.39, 0.29) is 29.3 Å². The molecule has 8 rings (SSSR count). The van der Waals surface area contributed by atoms with Crippen molar-refractivity contribution in [1.82, 2.24) is 14.5 Å². The summed E-state index contributed by atoms with van der Waals surface area (Å²) in [7, 11) is -2.31. The molecule has 2 amide bonds. The maximum Gasteiger partial charge on any atom is 0.331 e. The average Bonchev–Trinajstić information content (AvgIpc) is 3.94. The van der Waals surface area contributed by atoms with Crippen molar-refractivity contribution in [3.8, 4) is 5.88 Å². The fraction of sp³-hybridized carbons (Fsp3) is 0.282. The number of halogens is 1. The van der Waals surface area contributed by atoms with E-state index in [0.717, 1.165) is 40.7 Å². The Morgan fingerprint density at radius 1 is 0.880 bits per heavy atom. The van der Waals surface area contributed by atoms with Gasteiger partial charge in [0.25, 0.3) is 0 Å². The molecular formula is C39H38FN5O4S. The molecule has 1 unspecified atom stereocenters. The number of hydrogen-bond donors (Lipinski definition) is 2. The number of anilines is 1. The van der Waals surface area contributed by atoms with E-state index in [1.807, 2.05) is 91.0 Å². The molecule has 4 aromatic carbocycles. The number of aromatic nitrogens is 2.